The molecule has 1 saturated carbocycles. The average molecular weight is 298 g/mol. The van der Waals surface area contributed by atoms with Gasteiger partial charge in [0.25, 0.3) is 0 Å². The molecular weight excluding hydrogens is 272 g/mol. The Morgan fingerprint density at radius 3 is 2.67 bits per heavy atom. The largest absolute Gasteiger partial charge is 0.453 e. The number of nitrogens with zero attached hydrogens (tertiary/aromatic N) is 2. The van der Waals surface area contributed by atoms with Gasteiger partial charge in [-0.05, 0) is 31.6 Å². The number of urea groups is 1. The molecule has 7 heteroatoms. The molecule has 3 N–H and O–H groups in total. The lowest BCUT2D eigenvalue weighted by molar-refractivity contribution is 0.0945. The maximum Gasteiger partial charge on any atom is 0.409 e. The minimum absolute atomic E-state index is 0.206. The summed E-state index contributed by atoms with van der Waals surface area (Å²) >= 11 is 0. The Labute approximate surface area is 125 Å². The zero-order valence-electron chi connectivity index (χ0n) is 12.7. The molecule has 2 rings (SSSR count). The van der Waals surface area contributed by atoms with E-state index >= 15 is 0 Å². The van der Waals surface area contributed by atoms with Crippen molar-refractivity contribution in [1.82, 2.24) is 15.2 Å². The van der Waals surface area contributed by atoms with Crippen LogP contribution >= 0.6 is 0 Å². The molecule has 21 heavy (non-hydrogen) atoms. The van der Waals surface area contributed by atoms with Gasteiger partial charge in [-0.3, -0.25) is 5.01 Å². The van der Waals surface area contributed by atoms with Crippen molar-refractivity contribution in [3.63, 3.8) is 0 Å². The first-order chi connectivity index (χ1) is 10.1. The molecule has 0 radical (unpaired) electrons. The summed E-state index contributed by atoms with van der Waals surface area (Å²) in [4.78, 5) is 25.2. The molecular formula is C14H26N4O3. The molecule has 2 aliphatic rings. The van der Waals surface area contributed by atoms with Crippen molar-refractivity contribution in [3.8, 4) is 0 Å². The number of carbonyl (C=O) groups is 2. The van der Waals surface area contributed by atoms with Gasteiger partial charge in [0, 0.05) is 25.7 Å². The highest BCUT2D eigenvalue weighted by Gasteiger charge is 2.27. The number of ether oxygens (including phenoxy) is 1. The van der Waals surface area contributed by atoms with E-state index in [0.29, 0.717) is 19.6 Å². The van der Waals surface area contributed by atoms with Gasteiger partial charge in [-0.25, -0.2) is 15.4 Å². The lowest BCUT2D eigenvalue weighted by atomic mass is 9.98. The van der Waals surface area contributed by atoms with Crippen LogP contribution in [0.4, 0.5) is 9.59 Å². The number of hydrazine groups is 1. The smallest absolute Gasteiger partial charge is 0.409 e. The number of piperidine rings is 1. The zero-order chi connectivity index (χ0) is 15.2. The summed E-state index contributed by atoms with van der Waals surface area (Å²) in [6, 6.07) is 0.0542. The number of hydrogen-bond donors (Lipinski definition) is 2. The van der Waals surface area contributed by atoms with Crippen molar-refractivity contribution in [3.05, 3.63) is 0 Å². The molecule has 1 atom stereocenters. The molecule has 120 valence electrons. The Hall–Kier alpha value is -1.50. The fourth-order valence-corrected chi connectivity index (χ4v) is 3.20. The maximum atomic E-state index is 12.0. The zero-order valence-corrected chi connectivity index (χ0v) is 12.7. The summed E-state index contributed by atoms with van der Waals surface area (Å²) in [6.45, 7) is 1.77. The Bertz CT molecular complexity index is 371. The van der Waals surface area contributed by atoms with Gasteiger partial charge in [0.2, 0.25) is 0 Å². The van der Waals surface area contributed by atoms with Crippen molar-refractivity contribution in [2.45, 2.75) is 44.6 Å². The highest BCUT2D eigenvalue weighted by Crippen LogP contribution is 2.19. The SMILES string of the molecule is COC(=O)N1CCCC(CN(N)C(=O)NC2CCCC2)C1. The number of methoxy groups -OCH3 is 1. The van der Waals surface area contributed by atoms with E-state index < -0.39 is 0 Å². The van der Waals surface area contributed by atoms with Gasteiger partial charge in [0.05, 0.1) is 7.11 Å². The van der Waals surface area contributed by atoms with E-state index in [2.05, 4.69) is 5.32 Å². The van der Waals surface area contributed by atoms with Gasteiger partial charge in [-0.2, -0.15) is 0 Å². The van der Waals surface area contributed by atoms with Crippen LogP contribution in [0.2, 0.25) is 0 Å². The Morgan fingerprint density at radius 1 is 1.29 bits per heavy atom. The summed E-state index contributed by atoms with van der Waals surface area (Å²) in [5, 5.41) is 4.22. The predicted octanol–water partition coefficient (Wildman–Crippen LogP) is 1.29. The Balaban J connectivity index is 1.76. The number of amides is 3. The monoisotopic (exact) mass is 298 g/mol. The lowest BCUT2D eigenvalue weighted by Gasteiger charge is -2.33. The van der Waals surface area contributed by atoms with Gasteiger partial charge >= 0.3 is 12.1 Å². The Kier molecular flexibility index (Phi) is 5.67. The third-order valence-corrected chi connectivity index (χ3v) is 4.35. The molecule has 1 aliphatic carbocycles. The lowest BCUT2D eigenvalue weighted by Crippen LogP contribution is -2.51. The summed E-state index contributed by atoms with van der Waals surface area (Å²) < 4.78 is 4.74. The van der Waals surface area contributed by atoms with E-state index in [4.69, 9.17) is 10.6 Å². The third-order valence-electron chi connectivity index (χ3n) is 4.35. The van der Waals surface area contributed by atoms with Crippen LogP contribution in [-0.4, -0.2) is 54.8 Å². The fraction of sp³-hybridized carbons (Fsp3) is 0.857. The normalized spacial score (nSPS) is 23.0. The van der Waals surface area contributed by atoms with Crippen LogP contribution in [0.5, 0.6) is 0 Å². The van der Waals surface area contributed by atoms with Crippen molar-refractivity contribution in [2.75, 3.05) is 26.7 Å². The first kappa shape index (κ1) is 15.9. The van der Waals surface area contributed by atoms with Crippen LogP contribution < -0.4 is 11.2 Å². The van der Waals surface area contributed by atoms with Crippen LogP contribution in [0.15, 0.2) is 0 Å². The van der Waals surface area contributed by atoms with Crippen LogP contribution in [0.25, 0.3) is 0 Å². The maximum absolute atomic E-state index is 12.0. The molecule has 0 aromatic rings. The topological polar surface area (TPSA) is 87.9 Å². The molecule has 1 saturated heterocycles. The number of rotatable bonds is 3. The molecule has 3 amide bonds. The first-order valence-electron chi connectivity index (χ1n) is 7.75. The van der Waals surface area contributed by atoms with E-state index in [0.717, 1.165) is 25.7 Å². The molecule has 7 nitrogen and oxygen atoms in total. The van der Waals surface area contributed by atoms with Crippen molar-refractivity contribution in [2.24, 2.45) is 11.8 Å². The number of carbonyl (C=O) groups excluding carboxylic acids is 2. The summed E-state index contributed by atoms with van der Waals surface area (Å²) in [6.07, 6.45) is 6.01. The number of nitrogens with one attached hydrogen (secondary N) is 1. The van der Waals surface area contributed by atoms with Gasteiger partial charge in [-0.15, -0.1) is 0 Å². The quantitative estimate of drug-likeness (QED) is 0.467. The number of likely N-dealkylation sites (tertiary alicyclic amines) is 1. The van der Waals surface area contributed by atoms with Gasteiger partial charge in [0.1, 0.15) is 0 Å². The first-order valence-corrected chi connectivity index (χ1v) is 7.75. The molecule has 0 aromatic heterocycles. The van der Waals surface area contributed by atoms with E-state index in [9.17, 15) is 9.59 Å². The highest BCUT2D eigenvalue weighted by atomic mass is 16.5. The van der Waals surface area contributed by atoms with Crippen LogP contribution in [0, 0.1) is 5.92 Å². The third kappa shape index (κ3) is 4.49. The summed E-state index contributed by atoms with van der Waals surface area (Å²) in [5.74, 6) is 6.07. The fourth-order valence-electron chi connectivity index (χ4n) is 3.20. The van der Waals surface area contributed by atoms with Crippen molar-refractivity contribution < 1.29 is 14.3 Å². The molecule has 0 bridgehead atoms. The van der Waals surface area contributed by atoms with Crippen molar-refractivity contribution >= 4 is 12.1 Å². The minimum atomic E-state index is -0.307. The van der Waals surface area contributed by atoms with E-state index in [1.807, 2.05) is 0 Å². The molecule has 2 fully saturated rings. The predicted molar refractivity (Wildman–Crippen MR) is 78.4 cm³/mol. The van der Waals surface area contributed by atoms with Gasteiger partial charge in [-0.1, -0.05) is 12.8 Å². The second kappa shape index (κ2) is 7.49. The standard InChI is InChI=1S/C14H26N4O3/c1-21-14(20)17-8-4-5-11(9-17)10-18(15)13(19)16-12-6-2-3-7-12/h11-12H,2-10,15H2,1H3,(H,16,19). The van der Waals surface area contributed by atoms with Crippen LogP contribution in [-0.2, 0) is 4.74 Å². The van der Waals surface area contributed by atoms with Gasteiger partial charge in [0.15, 0.2) is 0 Å². The molecule has 0 spiro atoms. The van der Waals surface area contributed by atoms with E-state index in [-0.39, 0.29) is 24.1 Å². The molecule has 1 heterocycles. The highest BCUT2D eigenvalue weighted by molar-refractivity contribution is 5.73. The summed E-state index contributed by atoms with van der Waals surface area (Å²) in [5.41, 5.74) is 0. The summed E-state index contributed by atoms with van der Waals surface area (Å²) in [7, 11) is 1.39. The Morgan fingerprint density at radius 2 is 2.00 bits per heavy atom. The molecule has 0 aromatic carbocycles. The number of nitrogens with two attached hydrogens (primary N) is 1. The molecule has 1 aliphatic heterocycles. The van der Waals surface area contributed by atoms with E-state index in [1.165, 1.54) is 25.0 Å². The van der Waals surface area contributed by atoms with E-state index in [1.54, 1.807) is 4.90 Å². The second-order valence-electron chi connectivity index (χ2n) is 6.01. The van der Waals surface area contributed by atoms with Crippen LogP contribution in [0.1, 0.15) is 38.5 Å². The van der Waals surface area contributed by atoms with Crippen LogP contribution in [0.3, 0.4) is 0 Å². The average Bonchev–Trinajstić information content (AvgIpc) is 2.99. The second-order valence-corrected chi connectivity index (χ2v) is 6.01. The molecule has 1 unspecified atom stereocenters. The van der Waals surface area contributed by atoms with Crippen molar-refractivity contribution in [1.29, 1.82) is 0 Å². The van der Waals surface area contributed by atoms with Gasteiger partial charge < -0.3 is 15.0 Å². The number of hydrogen-bond acceptors (Lipinski definition) is 4. The minimum Gasteiger partial charge on any atom is -0.453 e.